The van der Waals surface area contributed by atoms with Crippen LogP contribution in [0.3, 0.4) is 0 Å². The summed E-state index contributed by atoms with van der Waals surface area (Å²) in [5.41, 5.74) is 13.6. The first-order chi connectivity index (χ1) is 26.7. The molecule has 0 atom stereocenters. The normalized spacial score (nSPS) is 13.6. The number of aryl methyl sites for hydroxylation is 2. The highest BCUT2D eigenvalue weighted by atomic mass is 16.5. The first-order valence-corrected chi connectivity index (χ1v) is 19.5. The second-order valence-electron chi connectivity index (χ2n) is 16.5. The molecule has 0 saturated heterocycles. The third-order valence-corrected chi connectivity index (χ3v) is 11.8. The molecule has 3 aromatic heterocycles. The topological polar surface area (TPSA) is 48.1 Å². The average molecular weight is 718 g/mol. The van der Waals surface area contributed by atoms with Gasteiger partial charge in [0, 0.05) is 39.8 Å². The van der Waals surface area contributed by atoms with Crippen molar-refractivity contribution in [1.82, 2.24) is 19.0 Å². The number of nitrogens with zero attached hydrogens (tertiary/aromatic N) is 5. The highest BCUT2D eigenvalue weighted by molar-refractivity contribution is 6.77. The zero-order valence-corrected chi connectivity index (χ0v) is 32.3. The number of para-hydroxylation sites is 1. The van der Waals surface area contributed by atoms with E-state index in [1.54, 1.807) is 0 Å². The maximum absolute atomic E-state index is 6.78. The summed E-state index contributed by atoms with van der Waals surface area (Å²) in [5, 5.41) is 2.35. The zero-order valence-electron chi connectivity index (χ0n) is 32.3. The van der Waals surface area contributed by atoms with E-state index in [0.29, 0.717) is 5.92 Å². The number of benzene rings is 5. The Kier molecular flexibility index (Phi) is 7.60. The van der Waals surface area contributed by atoms with Gasteiger partial charge in [0.05, 0.1) is 22.9 Å². The van der Waals surface area contributed by atoms with Crippen LogP contribution in [0.4, 0.5) is 5.69 Å². The molecule has 55 heavy (non-hydrogen) atoms. The van der Waals surface area contributed by atoms with Gasteiger partial charge in [-0.3, -0.25) is 4.57 Å². The summed E-state index contributed by atoms with van der Waals surface area (Å²) in [4.78, 5) is 12.5. The minimum Gasteiger partial charge on any atom is -0.457 e. The Balaban J connectivity index is 1.11. The van der Waals surface area contributed by atoms with Crippen LogP contribution >= 0.6 is 0 Å². The number of aromatic nitrogens is 4. The smallest absolute Gasteiger partial charge is 0.417 e. The lowest BCUT2D eigenvalue weighted by Crippen LogP contribution is -2.57. The molecule has 2 aliphatic heterocycles. The first kappa shape index (κ1) is 33.5. The lowest BCUT2D eigenvalue weighted by Gasteiger charge is -2.38. The van der Waals surface area contributed by atoms with Crippen molar-refractivity contribution in [2.75, 3.05) is 11.9 Å². The summed E-state index contributed by atoms with van der Waals surface area (Å²) in [7, 11) is 2.23. The molecule has 0 amide bonds. The van der Waals surface area contributed by atoms with Crippen LogP contribution in [-0.4, -0.2) is 33.0 Å². The van der Waals surface area contributed by atoms with Crippen molar-refractivity contribution in [3.8, 4) is 40.0 Å². The third-order valence-electron chi connectivity index (χ3n) is 11.8. The summed E-state index contributed by atoms with van der Waals surface area (Å²) in [6.07, 6.45) is 5.97. The molecule has 0 saturated carbocycles. The molecule has 2 aliphatic rings. The molecule has 6 nitrogen and oxygen atoms in total. The molecular formula is C48H44BN5O. The van der Waals surface area contributed by atoms with Crippen LogP contribution in [0.25, 0.3) is 50.3 Å². The van der Waals surface area contributed by atoms with E-state index >= 15 is 0 Å². The van der Waals surface area contributed by atoms with Gasteiger partial charge < -0.3 is 14.0 Å². The van der Waals surface area contributed by atoms with E-state index in [2.05, 4.69) is 177 Å². The zero-order chi connectivity index (χ0) is 37.6. The van der Waals surface area contributed by atoms with Crippen LogP contribution < -0.4 is 15.0 Å². The van der Waals surface area contributed by atoms with Gasteiger partial charge in [-0.1, -0.05) is 95.3 Å². The van der Waals surface area contributed by atoms with E-state index < -0.39 is 0 Å². The molecule has 10 rings (SSSR count). The number of hydrogen-bond donors (Lipinski definition) is 0. The van der Waals surface area contributed by atoms with Crippen molar-refractivity contribution < 1.29 is 4.74 Å². The fourth-order valence-corrected chi connectivity index (χ4v) is 9.03. The largest absolute Gasteiger partial charge is 0.457 e. The highest BCUT2D eigenvalue weighted by Gasteiger charge is 2.41. The molecule has 0 bridgehead atoms. The molecule has 0 aliphatic carbocycles. The SMILES string of the molecule is CC(C)c1cccc2c1B1N(C)c3ccc(Oc4ccc5c6ccccc6n(-c6cc(C(C)(C)C)ccn6)c5c4)cc3-c3ncc(n31)-c1ccccc1CC2. The minimum absolute atomic E-state index is 0.000408. The Morgan fingerprint density at radius 2 is 1.45 bits per heavy atom. The maximum Gasteiger partial charge on any atom is 0.417 e. The van der Waals surface area contributed by atoms with Gasteiger partial charge in [-0.05, 0) is 107 Å². The molecule has 5 heterocycles. The Morgan fingerprint density at radius 1 is 0.709 bits per heavy atom. The van der Waals surface area contributed by atoms with E-state index in [0.717, 1.165) is 69.3 Å². The van der Waals surface area contributed by atoms with Crippen molar-refractivity contribution in [2.45, 2.75) is 58.8 Å². The summed E-state index contributed by atoms with van der Waals surface area (Å²) in [5.74, 6) is 3.78. The van der Waals surface area contributed by atoms with Crippen molar-refractivity contribution >= 4 is 39.9 Å². The van der Waals surface area contributed by atoms with E-state index in [9.17, 15) is 0 Å². The summed E-state index contributed by atoms with van der Waals surface area (Å²) in [6.45, 7) is 11.3. The average Bonchev–Trinajstić information content (AvgIpc) is 3.77. The molecule has 0 spiro atoms. The third kappa shape index (κ3) is 5.31. The van der Waals surface area contributed by atoms with Crippen LogP contribution in [0.15, 0.2) is 128 Å². The molecule has 270 valence electrons. The quantitative estimate of drug-likeness (QED) is 0.170. The Labute approximate surface area is 323 Å². The van der Waals surface area contributed by atoms with Crippen LogP contribution in [0.5, 0.6) is 11.5 Å². The molecule has 5 aromatic carbocycles. The minimum atomic E-state index is -0.0405. The number of rotatable bonds is 4. The molecular weight excluding hydrogens is 673 g/mol. The number of anilines is 1. The maximum atomic E-state index is 6.78. The van der Waals surface area contributed by atoms with E-state index in [1.165, 1.54) is 38.7 Å². The van der Waals surface area contributed by atoms with E-state index in [-0.39, 0.29) is 12.4 Å². The van der Waals surface area contributed by atoms with Gasteiger partial charge in [0.2, 0.25) is 0 Å². The number of ether oxygens (including phenoxy) is 1. The second kappa shape index (κ2) is 12.5. The Hall–Kier alpha value is -6.08. The van der Waals surface area contributed by atoms with Gasteiger partial charge in [0.15, 0.2) is 0 Å². The fraction of sp³-hybridized carbons (Fsp3) is 0.208. The van der Waals surface area contributed by atoms with Crippen molar-refractivity contribution in [2.24, 2.45) is 0 Å². The standard InChI is InChI=1S/C48H44BN5O/c1-30(2)36-16-11-13-32-19-18-31-12-7-8-14-37(31)44-29-51-47-40-27-34(21-23-41(40)52(6)49(46(32)36)54(44)47)55-35-20-22-39-38-15-9-10-17-42(38)53(43(39)28-35)45-26-33(24-25-50-45)48(3,4)5/h7-17,20-30H,18-19H2,1-6H3. The van der Waals surface area contributed by atoms with Gasteiger partial charge in [-0.25, -0.2) is 9.97 Å². The highest BCUT2D eigenvalue weighted by Crippen LogP contribution is 2.43. The summed E-state index contributed by atoms with van der Waals surface area (Å²) in [6, 6.07) is 41.5. The first-order valence-electron chi connectivity index (χ1n) is 19.5. The number of imidazole rings is 1. The lowest BCUT2D eigenvalue weighted by atomic mass is 9.58. The number of fused-ring (bicyclic) bond motifs is 9. The monoisotopic (exact) mass is 717 g/mol. The van der Waals surface area contributed by atoms with Crippen LogP contribution in [-0.2, 0) is 18.3 Å². The van der Waals surface area contributed by atoms with Crippen molar-refractivity contribution in [1.29, 1.82) is 0 Å². The molecule has 7 heteroatoms. The Bertz CT molecular complexity index is 2800. The van der Waals surface area contributed by atoms with Crippen molar-refractivity contribution in [3.05, 3.63) is 150 Å². The van der Waals surface area contributed by atoms with Gasteiger partial charge >= 0.3 is 6.98 Å². The van der Waals surface area contributed by atoms with Crippen LogP contribution in [0.1, 0.15) is 62.8 Å². The second-order valence-corrected chi connectivity index (χ2v) is 16.5. The van der Waals surface area contributed by atoms with Crippen molar-refractivity contribution in [3.63, 3.8) is 0 Å². The Morgan fingerprint density at radius 3 is 2.31 bits per heavy atom. The van der Waals surface area contributed by atoms with Gasteiger partial charge in [0.25, 0.3) is 0 Å². The number of hydrogen-bond acceptors (Lipinski definition) is 4. The predicted octanol–water partition coefficient (Wildman–Crippen LogP) is 10.7. The van der Waals surface area contributed by atoms with Gasteiger partial charge in [0.1, 0.15) is 23.1 Å². The van der Waals surface area contributed by atoms with Gasteiger partial charge in [-0.15, -0.1) is 0 Å². The van der Waals surface area contributed by atoms with Crippen LogP contribution in [0.2, 0.25) is 0 Å². The lowest BCUT2D eigenvalue weighted by molar-refractivity contribution is 0.483. The molecule has 8 aromatic rings. The molecule has 0 radical (unpaired) electrons. The summed E-state index contributed by atoms with van der Waals surface area (Å²) >= 11 is 0. The molecule has 0 fully saturated rings. The summed E-state index contributed by atoms with van der Waals surface area (Å²) < 4.78 is 11.5. The van der Waals surface area contributed by atoms with E-state index in [4.69, 9.17) is 14.7 Å². The van der Waals surface area contributed by atoms with Gasteiger partial charge in [-0.2, -0.15) is 0 Å². The number of pyridine rings is 1. The fourth-order valence-electron chi connectivity index (χ4n) is 9.03. The molecule has 0 N–H and O–H groups in total. The van der Waals surface area contributed by atoms with E-state index in [1.807, 2.05) is 6.20 Å². The predicted molar refractivity (Wildman–Crippen MR) is 228 cm³/mol. The van der Waals surface area contributed by atoms with Crippen LogP contribution in [0, 0.1) is 0 Å². The molecule has 0 unspecified atom stereocenters.